The molecule has 0 radical (unpaired) electrons. The maximum Gasteiger partial charge on any atom is 0.350 e. The van der Waals surface area contributed by atoms with Crippen LogP contribution < -0.4 is 5.32 Å². The molecular weight excluding hydrogens is 958 g/mol. The Morgan fingerprint density at radius 2 is 1.45 bits per heavy atom. The van der Waals surface area contributed by atoms with Crippen molar-refractivity contribution < 1.29 is 72.2 Å². The van der Waals surface area contributed by atoms with Gasteiger partial charge in [0.1, 0.15) is 30.0 Å². The number of aliphatic hydroxyl groups excluding tert-OH is 1. The van der Waals surface area contributed by atoms with Gasteiger partial charge in [0, 0.05) is 49.4 Å². The summed E-state index contributed by atoms with van der Waals surface area (Å²) in [6, 6.07) is 23.1. The summed E-state index contributed by atoms with van der Waals surface area (Å²) in [6.45, 7) is 7.97. The van der Waals surface area contributed by atoms with E-state index in [1.807, 2.05) is 0 Å². The Kier molecular flexibility index (Phi) is 15.0. The third-order valence-electron chi connectivity index (χ3n) is 14.5. The molecule has 3 aromatic carbocycles. The minimum atomic E-state index is -2.44. The molecular formula is C52H58BrNO15. The van der Waals surface area contributed by atoms with Gasteiger partial charge < -0.3 is 44.0 Å². The molecule has 5 unspecified atom stereocenters. The van der Waals surface area contributed by atoms with Crippen LogP contribution in [-0.4, -0.2) is 112 Å². The van der Waals surface area contributed by atoms with Gasteiger partial charge in [-0.2, -0.15) is 0 Å². The number of unbranched alkanes of at least 4 members (excludes halogenated alkanes) is 1. The number of Topliss-reactive ketones (excluding diaryl/α,β-unsaturated/α-hetero) is 1. The summed E-state index contributed by atoms with van der Waals surface area (Å²) in [4.78, 5) is 99.1. The van der Waals surface area contributed by atoms with Crippen molar-refractivity contribution in [2.24, 2.45) is 16.7 Å². The van der Waals surface area contributed by atoms with E-state index in [1.165, 1.54) is 26.0 Å². The fraction of sp³-hybridized carbons (Fsp3) is 0.481. The number of benzene rings is 3. The third-order valence-corrected chi connectivity index (χ3v) is 15.0. The monoisotopic (exact) mass is 1020 g/mol. The van der Waals surface area contributed by atoms with Crippen LogP contribution in [0.2, 0.25) is 0 Å². The zero-order chi connectivity index (χ0) is 50.1. The SMILES string of the molecule is CC(=O)O[C@H]1C(=O)[C@@]2(C)C(C(OC(=O)c3ccccc3)[C@]3(O)CC(OC(=O)C(OC(=O)CCCCBr)C(NC(=O)c4ccccc4)c4ccccc4)C(C)=C1C3(C)C)[C@]1(OC(C)=O)CO[C@@H]1C[C@@H]2O. The highest BCUT2D eigenvalue weighted by Gasteiger charge is 2.78. The van der Waals surface area contributed by atoms with Crippen molar-refractivity contribution in [1.29, 1.82) is 0 Å². The smallest absolute Gasteiger partial charge is 0.350 e. The van der Waals surface area contributed by atoms with Crippen LogP contribution in [0.4, 0.5) is 0 Å². The van der Waals surface area contributed by atoms with Crippen molar-refractivity contribution >= 4 is 57.5 Å². The Bertz CT molecular complexity index is 2480. The first-order chi connectivity index (χ1) is 32.7. The van der Waals surface area contributed by atoms with Gasteiger partial charge in [0.2, 0.25) is 6.10 Å². The molecule has 4 aliphatic rings. The minimum absolute atomic E-state index is 0.0179. The number of carbonyl (C=O) groups is 7. The molecule has 2 saturated carbocycles. The van der Waals surface area contributed by atoms with Crippen LogP contribution in [0.1, 0.15) is 106 Å². The van der Waals surface area contributed by atoms with Crippen LogP contribution in [0.3, 0.4) is 0 Å². The standard InChI is InChI=1S/C52H58BrNO15/c1-29-35(66-48(62)42(67-38(58)24-16-17-25-53)40(32-18-10-7-11-19-32)54-46(60)33-20-12-8-13-21-33)27-52(63)45(68-47(61)34-22-14-9-15-23-34)43-50(6,36(57)26-37-51(43,28-64-37)69-31(3)56)44(59)41(65-30(2)55)39(29)49(52,4)5/h7-15,18-23,35-37,40-43,45,57,63H,16-17,24-28H2,1-6H3,(H,54,60)/t35?,36-,37+,40?,41+,42?,43?,45?,50+,51-,52+/m0/s1. The second kappa shape index (κ2) is 20.3. The number of carbonyl (C=O) groups excluding carboxylic acids is 7. The van der Waals surface area contributed by atoms with E-state index in [0.717, 1.165) is 13.8 Å². The largest absolute Gasteiger partial charge is 0.455 e. The maximum absolute atomic E-state index is 15.7. The molecule has 3 fully saturated rings. The van der Waals surface area contributed by atoms with E-state index < -0.39 is 119 Å². The van der Waals surface area contributed by atoms with Gasteiger partial charge in [0.05, 0.1) is 29.6 Å². The van der Waals surface area contributed by atoms with E-state index in [-0.39, 0.29) is 41.7 Å². The summed E-state index contributed by atoms with van der Waals surface area (Å²) < 4.78 is 36.8. The maximum atomic E-state index is 15.7. The van der Waals surface area contributed by atoms with Crippen molar-refractivity contribution in [1.82, 2.24) is 5.32 Å². The molecule has 368 valence electrons. The van der Waals surface area contributed by atoms with Gasteiger partial charge in [-0.25, -0.2) is 9.59 Å². The average Bonchev–Trinajstić information content (AvgIpc) is 3.31. The fourth-order valence-corrected chi connectivity index (χ4v) is 11.2. The first-order valence-electron chi connectivity index (χ1n) is 23.0. The second-order valence-electron chi connectivity index (χ2n) is 19.0. The van der Waals surface area contributed by atoms with Gasteiger partial charge in [-0.05, 0) is 67.7 Å². The highest BCUT2D eigenvalue weighted by Crippen LogP contribution is 2.64. The molecule has 1 heterocycles. The molecule has 17 heteroatoms. The van der Waals surface area contributed by atoms with E-state index >= 15 is 9.59 Å². The normalized spacial score (nSPS) is 29.7. The molecule has 3 N–H and O–H groups in total. The van der Waals surface area contributed by atoms with Crippen molar-refractivity contribution in [3.05, 3.63) is 119 Å². The fourth-order valence-electron chi connectivity index (χ4n) is 10.8. The second-order valence-corrected chi connectivity index (χ2v) is 19.8. The summed E-state index contributed by atoms with van der Waals surface area (Å²) in [5.41, 5.74) is -7.21. The number of alkyl halides is 1. The lowest BCUT2D eigenvalue weighted by Crippen LogP contribution is -2.82. The molecule has 69 heavy (non-hydrogen) atoms. The topological polar surface area (TPSA) is 227 Å². The van der Waals surface area contributed by atoms with E-state index in [2.05, 4.69) is 21.2 Å². The minimum Gasteiger partial charge on any atom is -0.455 e. The number of ketones is 1. The molecule has 3 aliphatic carbocycles. The van der Waals surface area contributed by atoms with Crippen LogP contribution in [-0.2, 0) is 52.4 Å². The summed E-state index contributed by atoms with van der Waals surface area (Å²) in [5.74, 6) is -7.63. The molecule has 1 saturated heterocycles. The van der Waals surface area contributed by atoms with E-state index in [9.17, 15) is 34.2 Å². The Balaban J connectivity index is 1.42. The predicted octanol–water partition coefficient (Wildman–Crippen LogP) is 5.85. The number of fused-ring (bicyclic) bond motifs is 5. The number of hydrogen-bond acceptors (Lipinski definition) is 15. The van der Waals surface area contributed by atoms with Crippen molar-refractivity contribution in [2.75, 3.05) is 11.9 Å². The Morgan fingerprint density at radius 3 is 2.01 bits per heavy atom. The first-order valence-corrected chi connectivity index (χ1v) is 24.1. The number of amides is 1. The summed E-state index contributed by atoms with van der Waals surface area (Å²) in [5, 5.41) is 29.6. The number of esters is 5. The van der Waals surface area contributed by atoms with Gasteiger partial charge in [-0.3, -0.25) is 24.0 Å². The zero-order valence-corrected chi connectivity index (χ0v) is 40.9. The summed E-state index contributed by atoms with van der Waals surface area (Å²) in [6.07, 6.45) is -9.61. The van der Waals surface area contributed by atoms with Crippen molar-refractivity contribution in [2.45, 2.75) is 128 Å². The Labute approximate surface area is 408 Å². The first kappa shape index (κ1) is 51.1. The van der Waals surface area contributed by atoms with Gasteiger partial charge in [-0.1, -0.05) is 96.5 Å². The van der Waals surface area contributed by atoms with Crippen LogP contribution in [0.5, 0.6) is 0 Å². The molecule has 0 aromatic heterocycles. The zero-order valence-electron chi connectivity index (χ0n) is 39.3. The average molecular weight is 1020 g/mol. The molecule has 0 spiro atoms. The number of aliphatic hydroxyl groups is 2. The summed E-state index contributed by atoms with van der Waals surface area (Å²) >= 11 is 3.36. The van der Waals surface area contributed by atoms with Crippen LogP contribution in [0, 0.1) is 16.7 Å². The van der Waals surface area contributed by atoms with Crippen LogP contribution >= 0.6 is 15.9 Å². The van der Waals surface area contributed by atoms with Crippen LogP contribution in [0.15, 0.2) is 102 Å². The lowest BCUT2D eigenvalue weighted by atomic mass is 9.44. The quantitative estimate of drug-likeness (QED) is 0.0534. The molecule has 1 amide bonds. The lowest BCUT2D eigenvalue weighted by Gasteiger charge is -2.67. The molecule has 7 rings (SSSR count). The molecule has 2 bridgehead atoms. The van der Waals surface area contributed by atoms with Gasteiger partial charge >= 0.3 is 29.8 Å². The van der Waals surface area contributed by atoms with Crippen LogP contribution in [0.25, 0.3) is 0 Å². The highest BCUT2D eigenvalue weighted by atomic mass is 79.9. The number of ether oxygens (including phenoxy) is 6. The molecule has 16 nitrogen and oxygen atoms in total. The van der Waals surface area contributed by atoms with Crippen molar-refractivity contribution in [3.8, 4) is 0 Å². The molecule has 11 atom stereocenters. The van der Waals surface area contributed by atoms with E-state index in [1.54, 1.807) is 92.7 Å². The van der Waals surface area contributed by atoms with Gasteiger partial charge in [0.15, 0.2) is 17.5 Å². The van der Waals surface area contributed by atoms with E-state index in [4.69, 9.17) is 28.4 Å². The van der Waals surface area contributed by atoms with Crippen molar-refractivity contribution in [3.63, 3.8) is 0 Å². The third kappa shape index (κ3) is 9.50. The number of halogens is 1. The Morgan fingerprint density at radius 1 is 0.841 bits per heavy atom. The Hall–Kier alpha value is -5.75. The highest BCUT2D eigenvalue weighted by molar-refractivity contribution is 9.09. The number of rotatable bonds is 15. The number of hydrogen-bond donors (Lipinski definition) is 3. The molecule has 3 aromatic rings. The molecule has 1 aliphatic heterocycles. The lowest BCUT2D eigenvalue weighted by molar-refractivity contribution is -0.346. The van der Waals surface area contributed by atoms with Gasteiger partial charge in [0.25, 0.3) is 5.91 Å². The van der Waals surface area contributed by atoms with E-state index in [0.29, 0.717) is 23.7 Å². The predicted molar refractivity (Wildman–Crippen MR) is 249 cm³/mol. The number of nitrogens with one attached hydrogen (secondary N) is 1. The summed E-state index contributed by atoms with van der Waals surface area (Å²) in [7, 11) is 0. The van der Waals surface area contributed by atoms with Gasteiger partial charge in [-0.15, -0.1) is 0 Å².